The van der Waals surface area contributed by atoms with E-state index in [1.54, 1.807) is 0 Å². The van der Waals surface area contributed by atoms with E-state index in [-0.39, 0.29) is 66.4 Å². The number of nitrogens with zero attached hydrogens (tertiary/aromatic N) is 2. The molecule has 0 bridgehead atoms. The van der Waals surface area contributed by atoms with Gasteiger partial charge in [0.2, 0.25) is 0 Å². The molecule has 46 heavy (non-hydrogen) atoms. The van der Waals surface area contributed by atoms with E-state index in [0.717, 1.165) is 17.0 Å². The lowest BCUT2D eigenvalue weighted by molar-refractivity contribution is -0.137. The molecule has 1 spiro atoms. The summed E-state index contributed by atoms with van der Waals surface area (Å²) in [5, 5.41) is 11.9. The number of β-amino-alcohol motifs (C(OH)–C–C–N with tert-alkyl or cyclic N) is 1. The molecule has 2 aliphatic rings. The number of amides is 3. The van der Waals surface area contributed by atoms with Gasteiger partial charge in [-0.3, -0.25) is 19.2 Å². The number of benzene rings is 2. The van der Waals surface area contributed by atoms with Crippen molar-refractivity contribution in [1.29, 1.82) is 0 Å². The molecule has 2 saturated heterocycles. The molecule has 2 heterocycles. The monoisotopic (exact) mass is 692 g/mol. The molecule has 254 valence electrons. The number of aliphatic hydroxyl groups excluding tert-OH is 1. The number of rotatable bonds is 13. The molecule has 12 nitrogen and oxygen atoms in total. The number of aliphatic hydroxyl groups is 1. The van der Waals surface area contributed by atoms with Gasteiger partial charge in [0.05, 0.1) is 49.1 Å². The van der Waals surface area contributed by atoms with Crippen LogP contribution in [0, 0.1) is 0 Å². The van der Waals surface area contributed by atoms with Crippen molar-refractivity contribution in [2.24, 2.45) is 0 Å². The first kappa shape index (κ1) is 36.9. The zero-order chi connectivity index (χ0) is 33.0. The van der Waals surface area contributed by atoms with Gasteiger partial charge in [-0.2, -0.15) is 13.2 Å². The number of piperidine rings is 1. The Bertz CT molecular complexity index is 1530. The average molecular weight is 693 g/mol. The summed E-state index contributed by atoms with van der Waals surface area (Å²) < 4.78 is 77.6. The van der Waals surface area contributed by atoms with Gasteiger partial charge < -0.3 is 24.8 Å². The molecule has 2 aliphatic heterocycles. The highest BCUT2D eigenvalue weighted by atomic mass is 35.5. The molecule has 0 radical (unpaired) electrons. The van der Waals surface area contributed by atoms with Crippen LogP contribution in [0.1, 0.15) is 48.0 Å². The molecule has 0 atom stereocenters. The lowest BCUT2D eigenvalue weighted by Gasteiger charge is -2.37. The van der Waals surface area contributed by atoms with E-state index in [1.165, 1.54) is 26.4 Å². The van der Waals surface area contributed by atoms with Crippen molar-refractivity contribution < 1.29 is 50.6 Å². The van der Waals surface area contributed by atoms with Gasteiger partial charge in [-0.25, -0.2) is 13.2 Å². The molecule has 2 aromatic carbocycles. The minimum atomic E-state index is -4.63. The van der Waals surface area contributed by atoms with Gasteiger partial charge in [0.1, 0.15) is 17.0 Å². The average Bonchev–Trinajstić information content (AvgIpc) is 3.23. The number of Topliss-reactive ketones (excluding diaryl/α,β-unsaturated/α-hetero) is 1. The van der Waals surface area contributed by atoms with Crippen molar-refractivity contribution in [1.82, 2.24) is 15.1 Å². The number of nitrogens with one attached hydrogen (secondary N) is 2. The number of alkyl halides is 3. The molecule has 17 heteroatoms. The van der Waals surface area contributed by atoms with Crippen molar-refractivity contribution >= 4 is 45.8 Å². The quantitative estimate of drug-likeness (QED) is 0.162. The second kappa shape index (κ2) is 14.9. The zero-order valence-electron chi connectivity index (χ0n) is 25.2. The number of hydrogen-bond acceptors (Lipinski definition) is 9. The van der Waals surface area contributed by atoms with Gasteiger partial charge in [-0.15, -0.1) is 12.4 Å². The fourth-order valence-electron chi connectivity index (χ4n) is 5.46. The molecular weight excluding hydrogens is 657 g/mol. The summed E-state index contributed by atoms with van der Waals surface area (Å²) >= 11 is 0. The smallest absolute Gasteiger partial charge is 0.416 e. The Morgan fingerprint density at radius 1 is 1.02 bits per heavy atom. The van der Waals surface area contributed by atoms with Crippen LogP contribution < -0.4 is 19.5 Å². The summed E-state index contributed by atoms with van der Waals surface area (Å²) in [6, 6.07) is 5.13. The summed E-state index contributed by atoms with van der Waals surface area (Å²) in [5.41, 5.74) is -1.93. The number of carbonyl (C=O) groups excluding carboxylic acids is 3. The number of ketones is 1. The van der Waals surface area contributed by atoms with Crippen LogP contribution >= 0.6 is 12.4 Å². The lowest BCUT2D eigenvalue weighted by atomic mass is 9.87. The van der Waals surface area contributed by atoms with E-state index < -0.39 is 38.2 Å². The van der Waals surface area contributed by atoms with Crippen molar-refractivity contribution in [2.75, 3.05) is 51.7 Å². The predicted octanol–water partition coefficient (Wildman–Crippen LogP) is 3.68. The van der Waals surface area contributed by atoms with Crippen LogP contribution in [-0.2, 0) is 21.0 Å². The Labute approximate surface area is 270 Å². The standard InChI is InChI=1S/C29H35F3N4O8S.ClH/c1-43-24-18-25(44-2)22(34-45(41,42)20-8-6-19(7-9-20)29(30,31)32)17-21(24)23(38)5-3-4-12-35-13-10-28(11-14-35)26(39)36(15-16-37)27(40)33-28;/h6-9,17-18,34,37H,3-5,10-16H2,1-2H3,(H,33,40);1H. The normalized spacial score (nSPS) is 16.6. The lowest BCUT2D eigenvalue weighted by Crippen LogP contribution is -2.55. The third kappa shape index (κ3) is 8.03. The number of ether oxygens (including phenoxy) is 2. The van der Waals surface area contributed by atoms with Crippen LogP contribution in [0.25, 0.3) is 0 Å². The Morgan fingerprint density at radius 3 is 2.22 bits per heavy atom. The molecule has 4 rings (SSSR count). The molecule has 0 saturated carbocycles. The van der Waals surface area contributed by atoms with Crippen molar-refractivity contribution in [3.8, 4) is 11.5 Å². The van der Waals surface area contributed by atoms with E-state index in [9.17, 15) is 36.0 Å². The van der Waals surface area contributed by atoms with Crippen molar-refractivity contribution in [3.05, 3.63) is 47.5 Å². The number of likely N-dealkylation sites (tertiary alicyclic amines) is 1. The van der Waals surface area contributed by atoms with Crippen LogP contribution in [0.3, 0.4) is 0 Å². The van der Waals surface area contributed by atoms with E-state index in [0.29, 0.717) is 57.5 Å². The molecule has 0 unspecified atom stereocenters. The van der Waals surface area contributed by atoms with E-state index in [2.05, 4.69) is 14.9 Å². The minimum Gasteiger partial charge on any atom is -0.496 e. The molecule has 3 amide bonds. The SMILES string of the molecule is COc1cc(OC)c(C(=O)CCCCN2CCC3(CC2)NC(=O)N(CCO)C3=O)cc1NS(=O)(=O)c1ccc(C(F)(F)F)cc1.Cl. The number of carbonyl (C=O) groups is 3. The topological polar surface area (TPSA) is 155 Å². The van der Waals surface area contributed by atoms with E-state index in [4.69, 9.17) is 14.6 Å². The maximum absolute atomic E-state index is 13.2. The number of anilines is 1. The first-order valence-corrected chi connectivity index (χ1v) is 15.7. The third-order valence-electron chi connectivity index (χ3n) is 7.97. The Kier molecular flexibility index (Phi) is 11.9. The third-order valence-corrected chi connectivity index (χ3v) is 9.35. The van der Waals surface area contributed by atoms with Crippen molar-refractivity contribution in [3.63, 3.8) is 0 Å². The van der Waals surface area contributed by atoms with E-state index in [1.807, 2.05) is 0 Å². The summed E-state index contributed by atoms with van der Waals surface area (Å²) in [6.07, 6.45) is -2.47. The minimum absolute atomic E-state index is 0. The van der Waals surface area contributed by atoms with Gasteiger partial charge in [0.15, 0.2) is 5.78 Å². The summed E-state index contributed by atoms with van der Waals surface area (Å²) in [5.74, 6) is -0.432. The number of unbranched alkanes of at least 4 members (excludes halogenated alkanes) is 1. The highest BCUT2D eigenvalue weighted by Crippen LogP contribution is 2.36. The van der Waals surface area contributed by atoms with Gasteiger partial charge >= 0.3 is 12.2 Å². The van der Waals surface area contributed by atoms with Crippen LogP contribution in [-0.4, -0.2) is 93.6 Å². The number of methoxy groups -OCH3 is 2. The fourth-order valence-corrected chi connectivity index (χ4v) is 6.52. The predicted molar refractivity (Wildman–Crippen MR) is 163 cm³/mol. The Hall–Kier alpha value is -3.60. The van der Waals surface area contributed by atoms with Gasteiger partial charge in [0, 0.05) is 25.6 Å². The van der Waals surface area contributed by atoms with Gasteiger partial charge in [0.25, 0.3) is 15.9 Å². The Morgan fingerprint density at radius 2 is 1.65 bits per heavy atom. The summed E-state index contributed by atoms with van der Waals surface area (Å²) in [7, 11) is -1.70. The van der Waals surface area contributed by atoms with Crippen LogP contribution in [0.2, 0.25) is 0 Å². The number of urea groups is 1. The summed E-state index contributed by atoms with van der Waals surface area (Å²) in [4.78, 5) is 40.9. The highest BCUT2D eigenvalue weighted by Gasteiger charge is 2.51. The van der Waals surface area contributed by atoms with Gasteiger partial charge in [-0.05, 0) is 62.6 Å². The molecule has 0 aliphatic carbocycles. The van der Waals surface area contributed by atoms with Crippen LogP contribution in [0.4, 0.5) is 23.7 Å². The second-order valence-corrected chi connectivity index (χ2v) is 12.5. The number of imide groups is 1. The molecule has 3 N–H and O–H groups in total. The first-order chi connectivity index (χ1) is 21.2. The second-order valence-electron chi connectivity index (χ2n) is 10.8. The number of halogens is 4. The fraction of sp³-hybridized carbons (Fsp3) is 0.483. The van der Waals surface area contributed by atoms with Crippen molar-refractivity contribution in [2.45, 2.75) is 48.7 Å². The van der Waals surface area contributed by atoms with Crippen LogP contribution in [0.15, 0.2) is 41.3 Å². The molecule has 0 aromatic heterocycles. The highest BCUT2D eigenvalue weighted by molar-refractivity contribution is 7.92. The molecule has 2 fully saturated rings. The molecule has 2 aromatic rings. The summed E-state index contributed by atoms with van der Waals surface area (Å²) in [6.45, 7) is 1.45. The largest absolute Gasteiger partial charge is 0.496 e. The zero-order valence-corrected chi connectivity index (χ0v) is 26.8. The molecular formula is C29H36ClF3N4O8S. The number of sulfonamides is 1. The maximum Gasteiger partial charge on any atom is 0.416 e. The maximum atomic E-state index is 13.2. The Balaban J connectivity index is 0.00000576. The number of hydrogen-bond donors (Lipinski definition) is 3. The van der Waals surface area contributed by atoms with E-state index >= 15 is 0 Å². The van der Waals surface area contributed by atoms with Gasteiger partial charge in [-0.1, -0.05) is 0 Å². The first-order valence-electron chi connectivity index (χ1n) is 14.2. The van der Waals surface area contributed by atoms with Crippen LogP contribution in [0.5, 0.6) is 11.5 Å².